The van der Waals surface area contributed by atoms with Crippen LogP contribution in [0.5, 0.6) is 0 Å². The summed E-state index contributed by atoms with van der Waals surface area (Å²) in [7, 11) is 2.14. The first kappa shape index (κ1) is 11.6. The number of benzene rings is 1. The molecule has 0 radical (unpaired) electrons. The highest BCUT2D eigenvalue weighted by molar-refractivity contribution is 5.14. The molecule has 0 bridgehead atoms. The summed E-state index contributed by atoms with van der Waals surface area (Å²) in [5.41, 5.74) is 1.54. The minimum Gasteiger partial charge on any atom is -0.396 e. The fourth-order valence-corrected chi connectivity index (χ4v) is 2.57. The van der Waals surface area contributed by atoms with E-state index < -0.39 is 0 Å². The van der Waals surface area contributed by atoms with Crippen LogP contribution in [0.25, 0.3) is 0 Å². The molecule has 1 aliphatic rings. The van der Waals surface area contributed by atoms with E-state index in [-0.39, 0.29) is 5.41 Å². The van der Waals surface area contributed by atoms with Gasteiger partial charge in [-0.1, -0.05) is 36.8 Å². The van der Waals surface area contributed by atoms with Crippen LogP contribution < -0.4 is 0 Å². The molecule has 1 saturated carbocycles. The molecule has 0 aliphatic heterocycles. The zero-order chi connectivity index (χ0) is 11.4. The molecule has 0 unspecified atom stereocenters. The molecule has 16 heavy (non-hydrogen) atoms. The van der Waals surface area contributed by atoms with Crippen LogP contribution in [-0.4, -0.2) is 30.2 Å². The topological polar surface area (TPSA) is 23.5 Å². The summed E-state index contributed by atoms with van der Waals surface area (Å²) in [6, 6.07) is 10.5. The van der Waals surface area contributed by atoms with E-state index in [9.17, 15) is 5.11 Å². The smallest absolute Gasteiger partial charge is 0.0499 e. The van der Waals surface area contributed by atoms with Crippen LogP contribution in [-0.2, 0) is 6.54 Å². The Morgan fingerprint density at radius 2 is 1.94 bits per heavy atom. The molecule has 0 amide bonds. The Kier molecular flexibility index (Phi) is 3.62. The van der Waals surface area contributed by atoms with Gasteiger partial charge in [-0.15, -0.1) is 0 Å². The Morgan fingerprint density at radius 3 is 2.44 bits per heavy atom. The second kappa shape index (κ2) is 4.98. The van der Waals surface area contributed by atoms with Crippen molar-refractivity contribution in [2.75, 3.05) is 20.2 Å². The molecule has 0 saturated heterocycles. The normalized spacial score (nSPS) is 18.4. The summed E-state index contributed by atoms with van der Waals surface area (Å²) in [6.45, 7) is 2.33. The van der Waals surface area contributed by atoms with E-state index in [2.05, 4.69) is 36.2 Å². The third kappa shape index (κ3) is 2.63. The zero-order valence-corrected chi connectivity index (χ0v) is 10.0. The van der Waals surface area contributed by atoms with Crippen molar-refractivity contribution in [1.29, 1.82) is 0 Å². The lowest BCUT2D eigenvalue weighted by atomic mass is 9.69. The van der Waals surface area contributed by atoms with Crippen molar-refractivity contribution in [3.63, 3.8) is 0 Å². The molecule has 0 heterocycles. The van der Waals surface area contributed by atoms with Gasteiger partial charge in [0.05, 0.1) is 0 Å². The van der Waals surface area contributed by atoms with Crippen LogP contribution >= 0.6 is 0 Å². The third-order valence-corrected chi connectivity index (χ3v) is 3.65. The lowest BCUT2D eigenvalue weighted by Crippen LogP contribution is -2.43. The molecule has 1 aromatic rings. The molecule has 2 nitrogen and oxygen atoms in total. The maximum atomic E-state index is 9.42. The SMILES string of the molecule is CN(Cc1ccccc1)CC1(CO)CCC1. The van der Waals surface area contributed by atoms with Crippen LogP contribution in [0.4, 0.5) is 0 Å². The van der Waals surface area contributed by atoms with E-state index in [1.807, 2.05) is 6.07 Å². The Labute approximate surface area is 97.9 Å². The number of rotatable bonds is 5. The van der Waals surface area contributed by atoms with E-state index in [0.29, 0.717) is 6.61 Å². The Bertz CT molecular complexity index is 313. The van der Waals surface area contributed by atoms with Crippen molar-refractivity contribution in [1.82, 2.24) is 4.90 Å². The molecule has 2 heteroatoms. The van der Waals surface area contributed by atoms with Gasteiger partial charge in [0.15, 0.2) is 0 Å². The summed E-state index contributed by atoms with van der Waals surface area (Å²) in [6.07, 6.45) is 3.64. The first-order valence-electron chi connectivity index (χ1n) is 6.07. The van der Waals surface area contributed by atoms with Gasteiger partial charge in [0, 0.05) is 25.1 Å². The predicted molar refractivity (Wildman–Crippen MR) is 66.1 cm³/mol. The number of hydrogen-bond acceptors (Lipinski definition) is 2. The first-order valence-corrected chi connectivity index (χ1v) is 6.07. The molecule has 1 aliphatic carbocycles. The monoisotopic (exact) mass is 219 g/mol. The fourth-order valence-electron chi connectivity index (χ4n) is 2.57. The summed E-state index contributed by atoms with van der Waals surface area (Å²) < 4.78 is 0. The number of aliphatic hydroxyl groups excluding tert-OH is 1. The van der Waals surface area contributed by atoms with Crippen molar-refractivity contribution in [2.24, 2.45) is 5.41 Å². The Morgan fingerprint density at radius 1 is 1.25 bits per heavy atom. The van der Waals surface area contributed by atoms with Crippen LogP contribution in [0.1, 0.15) is 24.8 Å². The van der Waals surface area contributed by atoms with Crippen molar-refractivity contribution in [3.05, 3.63) is 35.9 Å². The Hall–Kier alpha value is -0.860. The molecule has 0 atom stereocenters. The lowest BCUT2D eigenvalue weighted by Gasteiger charge is -2.43. The minimum absolute atomic E-state index is 0.198. The van der Waals surface area contributed by atoms with Gasteiger partial charge in [0.1, 0.15) is 0 Å². The number of aliphatic hydroxyl groups is 1. The predicted octanol–water partition coefficient (Wildman–Crippen LogP) is 2.28. The summed E-state index contributed by atoms with van der Waals surface area (Å²) in [5.74, 6) is 0. The standard InChI is InChI=1S/C14H21NO/c1-15(10-13-6-3-2-4-7-13)11-14(12-16)8-5-9-14/h2-4,6-7,16H,5,8-12H2,1H3. The molecule has 1 aromatic carbocycles. The fraction of sp³-hybridized carbons (Fsp3) is 0.571. The average molecular weight is 219 g/mol. The second-order valence-corrected chi connectivity index (χ2v) is 5.17. The van der Waals surface area contributed by atoms with Crippen molar-refractivity contribution >= 4 is 0 Å². The molecule has 0 aromatic heterocycles. The number of hydrogen-bond donors (Lipinski definition) is 1. The summed E-state index contributed by atoms with van der Waals surface area (Å²) in [4.78, 5) is 2.32. The molecule has 88 valence electrons. The van der Waals surface area contributed by atoms with Crippen LogP contribution in [0.3, 0.4) is 0 Å². The Balaban J connectivity index is 1.87. The highest BCUT2D eigenvalue weighted by Crippen LogP contribution is 2.40. The molecular weight excluding hydrogens is 198 g/mol. The molecule has 1 fully saturated rings. The van der Waals surface area contributed by atoms with Gasteiger partial charge in [-0.25, -0.2) is 0 Å². The summed E-state index contributed by atoms with van der Waals surface area (Å²) in [5, 5.41) is 9.42. The average Bonchev–Trinajstić information content (AvgIpc) is 2.25. The second-order valence-electron chi connectivity index (χ2n) is 5.17. The van der Waals surface area contributed by atoms with E-state index in [4.69, 9.17) is 0 Å². The van der Waals surface area contributed by atoms with E-state index in [1.165, 1.54) is 24.8 Å². The first-order chi connectivity index (χ1) is 7.74. The van der Waals surface area contributed by atoms with Crippen LogP contribution in [0.15, 0.2) is 30.3 Å². The molecule has 1 N–H and O–H groups in total. The van der Waals surface area contributed by atoms with Crippen LogP contribution in [0.2, 0.25) is 0 Å². The van der Waals surface area contributed by atoms with E-state index in [0.717, 1.165) is 13.1 Å². The van der Waals surface area contributed by atoms with Gasteiger partial charge in [0.2, 0.25) is 0 Å². The van der Waals surface area contributed by atoms with E-state index >= 15 is 0 Å². The van der Waals surface area contributed by atoms with Crippen molar-refractivity contribution < 1.29 is 5.11 Å². The van der Waals surface area contributed by atoms with Crippen molar-refractivity contribution in [2.45, 2.75) is 25.8 Å². The maximum Gasteiger partial charge on any atom is 0.0499 e. The zero-order valence-electron chi connectivity index (χ0n) is 10.0. The maximum absolute atomic E-state index is 9.42. The van der Waals surface area contributed by atoms with Gasteiger partial charge >= 0.3 is 0 Å². The van der Waals surface area contributed by atoms with Gasteiger partial charge in [0.25, 0.3) is 0 Å². The van der Waals surface area contributed by atoms with E-state index in [1.54, 1.807) is 0 Å². The largest absolute Gasteiger partial charge is 0.396 e. The van der Waals surface area contributed by atoms with Gasteiger partial charge in [-0.05, 0) is 25.5 Å². The third-order valence-electron chi connectivity index (χ3n) is 3.65. The highest BCUT2D eigenvalue weighted by Gasteiger charge is 2.36. The van der Waals surface area contributed by atoms with Crippen LogP contribution in [0, 0.1) is 5.41 Å². The lowest BCUT2D eigenvalue weighted by molar-refractivity contribution is 0.0127. The summed E-state index contributed by atoms with van der Waals surface area (Å²) >= 11 is 0. The quantitative estimate of drug-likeness (QED) is 0.821. The molecular formula is C14H21NO. The highest BCUT2D eigenvalue weighted by atomic mass is 16.3. The molecule has 0 spiro atoms. The number of nitrogens with zero attached hydrogens (tertiary/aromatic N) is 1. The van der Waals surface area contributed by atoms with Gasteiger partial charge in [-0.2, -0.15) is 0 Å². The molecule has 2 rings (SSSR count). The van der Waals surface area contributed by atoms with Gasteiger partial charge < -0.3 is 10.0 Å². The van der Waals surface area contributed by atoms with Crippen molar-refractivity contribution in [3.8, 4) is 0 Å². The minimum atomic E-state index is 0.198. The van der Waals surface area contributed by atoms with Gasteiger partial charge in [-0.3, -0.25) is 0 Å².